The molecule has 1 aliphatic carbocycles. The highest BCUT2D eigenvalue weighted by Gasteiger charge is 2.49. The van der Waals surface area contributed by atoms with Gasteiger partial charge in [-0.05, 0) is 37.3 Å². The summed E-state index contributed by atoms with van der Waals surface area (Å²) in [5, 5.41) is 0. The van der Waals surface area contributed by atoms with Gasteiger partial charge in [0.15, 0.2) is 0 Å². The number of ether oxygens (including phenoxy) is 1. The van der Waals surface area contributed by atoms with Crippen LogP contribution >= 0.6 is 11.8 Å². The maximum atomic E-state index is 6.07. The van der Waals surface area contributed by atoms with Gasteiger partial charge in [0.2, 0.25) is 0 Å². The highest BCUT2D eigenvalue weighted by Crippen LogP contribution is 2.46. The van der Waals surface area contributed by atoms with Gasteiger partial charge in [0.05, 0.1) is 18.4 Å². The molecule has 114 valence electrons. The third-order valence-electron chi connectivity index (χ3n) is 5.13. The molecule has 4 rings (SSSR count). The number of rotatable bonds is 5. The minimum atomic E-state index is 0.419. The van der Waals surface area contributed by atoms with E-state index in [1.807, 2.05) is 24.4 Å². The number of hydrogen-bond acceptors (Lipinski definition) is 4. The predicted molar refractivity (Wildman–Crippen MR) is 86.4 cm³/mol. The van der Waals surface area contributed by atoms with Crippen molar-refractivity contribution in [2.24, 2.45) is 5.92 Å². The molecular weight excluding hydrogens is 280 g/mol. The van der Waals surface area contributed by atoms with Crippen LogP contribution in [0.25, 0.3) is 0 Å². The molecule has 1 aromatic rings. The third-order valence-corrected chi connectivity index (χ3v) is 6.71. The van der Waals surface area contributed by atoms with E-state index in [9.17, 15) is 0 Å². The van der Waals surface area contributed by atoms with E-state index in [0.29, 0.717) is 17.5 Å². The molecular formula is C17H24N2OS. The van der Waals surface area contributed by atoms with E-state index in [1.165, 1.54) is 45.3 Å². The predicted octanol–water partition coefficient (Wildman–Crippen LogP) is 2.96. The topological polar surface area (TPSA) is 25.4 Å². The van der Waals surface area contributed by atoms with E-state index in [2.05, 4.69) is 21.6 Å². The Morgan fingerprint density at radius 1 is 1.33 bits per heavy atom. The van der Waals surface area contributed by atoms with Crippen LogP contribution in [-0.4, -0.2) is 46.1 Å². The molecule has 1 atom stereocenters. The van der Waals surface area contributed by atoms with Crippen molar-refractivity contribution < 1.29 is 4.74 Å². The molecule has 1 aromatic heterocycles. The van der Waals surface area contributed by atoms with E-state index in [-0.39, 0.29) is 0 Å². The van der Waals surface area contributed by atoms with Gasteiger partial charge in [-0.3, -0.25) is 4.98 Å². The van der Waals surface area contributed by atoms with Crippen molar-refractivity contribution in [1.82, 2.24) is 9.88 Å². The molecule has 1 spiro atoms. The molecule has 4 heteroatoms. The number of thioether (sulfide) groups is 1. The number of pyridine rings is 1. The van der Waals surface area contributed by atoms with Gasteiger partial charge in [-0.15, -0.1) is 11.8 Å². The quantitative estimate of drug-likeness (QED) is 0.835. The molecule has 0 amide bonds. The lowest BCUT2D eigenvalue weighted by Crippen LogP contribution is -2.60. The summed E-state index contributed by atoms with van der Waals surface area (Å²) in [5.74, 6) is 2.16. The fourth-order valence-electron chi connectivity index (χ4n) is 3.75. The zero-order valence-corrected chi connectivity index (χ0v) is 13.4. The number of hydrogen-bond donors (Lipinski definition) is 0. The van der Waals surface area contributed by atoms with Crippen LogP contribution in [0.3, 0.4) is 0 Å². The first-order valence-electron chi connectivity index (χ1n) is 8.19. The minimum Gasteiger partial charge on any atom is -0.371 e. The van der Waals surface area contributed by atoms with Crippen LogP contribution in [0.2, 0.25) is 0 Å². The molecule has 3 aliphatic rings. The van der Waals surface area contributed by atoms with Gasteiger partial charge in [0.25, 0.3) is 0 Å². The maximum absolute atomic E-state index is 6.07. The molecule has 0 radical (unpaired) electrons. The molecule has 3 fully saturated rings. The second-order valence-electron chi connectivity index (χ2n) is 6.92. The Morgan fingerprint density at radius 3 is 2.95 bits per heavy atom. The summed E-state index contributed by atoms with van der Waals surface area (Å²) in [4.78, 5) is 7.00. The van der Waals surface area contributed by atoms with Gasteiger partial charge in [0, 0.05) is 36.3 Å². The summed E-state index contributed by atoms with van der Waals surface area (Å²) in [7, 11) is 0. The minimum absolute atomic E-state index is 0.419. The number of aromatic nitrogens is 1. The van der Waals surface area contributed by atoms with E-state index in [1.54, 1.807) is 0 Å². The summed E-state index contributed by atoms with van der Waals surface area (Å²) in [5.41, 5.74) is 1.05. The smallest absolute Gasteiger partial charge is 0.0892 e. The molecule has 3 nitrogen and oxygen atoms in total. The van der Waals surface area contributed by atoms with Crippen molar-refractivity contribution in [1.29, 1.82) is 0 Å². The molecule has 0 aromatic carbocycles. The first kappa shape index (κ1) is 14.0. The third kappa shape index (κ3) is 3.13. The first-order chi connectivity index (χ1) is 10.3. The molecule has 21 heavy (non-hydrogen) atoms. The molecule has 1 unspecified atom stereocenters. The average molecular weight is 304 g/mol. The number of likely N-dealkylation sites (tertiary alicyclic amines) is 1. The van der Waals surface area contributed by atoms with Crippen molar-refractivity contribution in [3.63, 3.8) is 0 Å². The highest BCUT2D eigenvalue weighted by molar-refractivity contribution is 8.01. The summed E-state index contributed by atoms with van der Waals surface area (Å²) >= 11 is 2.14. The largest absolute Gasteiger partial charge is 0.371 e. The van der Waals surface area contributed by atoms with Gasteiger partial charge >= 0.3 is 0 Å². The number of nitrogens with zero attached hydrogens (tertiary/aromatic N) is 2. The highest BCUT2D eigenvalue weighted by atomic mass is 32.2. The zero-order valence-electron chi connectivity index (χ0n) is 12.5. The van der Waals surface area contributed by atoms with Crippen molar-refractivity contribution >= 4 is 11.8 Å². The standard InChI is InChI=1S/C17H24N2OS/c1-2-7-18-15(6-1)10-20-16-8-17(21-11-16)12-19(13-17)9-14-4-3-5-14/h1-2,6-7,14,16H,3-5,8-13H2. The van der Waals surface area contributed by atoms with Crippen molar-refractivity contribution in [2.75, 3.05) is 25.4 Å². The Morgan fingerprint density at radius 2 is 2.24 bits per heavy atom. The summed E-state index contributed by atoms with van der Waals surface area (Å²) in [6.45, 7) is 4.59. The maximum Gasteiger partial charge on any atom is 0.0892 e. The molecule has 2 aliphatic heterocycles. The van der Waals surface area contributed by atoms with E-state index < -0.39 is 0 Å². The van der Waals surface area contributed by atoms with Crippen LogP contribution in [-0.2, 0) is 11.3 Å². The molecule has 0 N–H and O–H groups in total. The fraction of sp³-hybridized carbons (Fsp3) is 0.706. The second-order valence-corrected chi connectivity index (χ2v) is 8.41. The van der Waals surface area contributed by atoms with Gasteiger partial charge in [-0.2, -0.15) is 0 Å². The van der Waals surface area contributed by atoms with Gasteiger partial charge in [-0.25, -0.2) is 0 Å². The fourth-order valence-corrected chi connectivity index (χ4v) is 5.36. The van der Waals surface area contributed by atoms with Gasteiger partial charge < -0.3 is 9.64 Å². The van der Waals surface area contributed by atoms with Crippen molar-refractivity contribution in [2.45, 2.75) is 43.1 Å². The Labute approximate surface area is 131 Å². The van der Waals surface area contributed by atoms with E-state index >= 15 is 0 Å². The summed E-state index contributed by atoms with van der Waals surface area (Å²) < 4.78 is 6.58. The van der Waals surface area contributed by atoms with Gasteiger partial charge in [-0.1, -0.05) is 12.5 Å². The first-order valence-corrected chi connectivity index (χ1v) is 9.18. The Hall–Kier alpha value is -0.580. The molecule has 1 saturated carbocycles. The van der Waals surface area contributed by atoms with Crippen LogP contribution < -0.4 is 0 Å². The Balaban J connectivity index is 1.21. The normalized spacial score (nSPS) is 28.5. The van der Waals surface area contributed by atoms with E-state index in [0.717, 1.165) is 17.4 Å². The SMILES string of the molecule is c1ccc(COC2CSC3(C2)CN(CC2CCC2)C3)nc1. The van der Waals surface area contributed by atoms with Crippen LogP contribution in [0.1, 0.15) is 31.4 Å². The molecule has 2 saturated heterocycles. The van der Waals surface area contributed by atoms with E-state index in [4.69, 9.17) is 4.74 Å². The lowest BCUT2D eigenvalue weighted by atomic mass is 9.83. The van der Waals surface area contributed by atoms with Gasteiger partial charge in [0.1, 0.15) is 0 Å². The zero-order chi connectivity index (χ0) is 14.1. The summed E-state index contributed by atoms with van der Waals surface area (Å²) in [6.07, 6.45) is 7.88. The summed E-state index contributed by atoms with van der Waals surface area (Å²) in [6, 6.07) is 6.03. The lowest BCUT2D eigenvalue weighted by molar-refractivity contribution is 0.0198. The second kappa shape index (κ2) is 5.90. The molecule has 0 bridgehead atoms. The van der Waals surface area contributed by atoms with Crippen LogP contribution in [0, 0.1) is 5.92 Å². The van der Waals surface area contributed by atoms with Crippen LogP contribution in [0.15, 0.2) is 24.4 Å². The average Bonchev–Trinajstić information content (AvgIpc) is 2.85. The van der Waals surface area contributed by atoms with Crippen LogP contribution in [0.5, 0.6) is 0 Å². The Bertz CT molecular complexity index is 471. The van der Waals surface area contributed by atoms with Crippen LogP contribution in [0.4, 0.5) is 0 Å². The van der Waals surface area contributed by atoms with Crippen molar-refractivity contribution in [3.05, 3.63) is 30.1 Å². The monoisotopic (exact) mass is 304 g/mol. The Kier molecular flexibility index (Phi) is 3.94. The molecule has 3 heterocycles. The lowest BCUT2D eigenvalue weighted by Gasteiger charge is -2.49. The van der Waals surface area contributed by atoms with Crippen molar-refractivity contribution in [3.8, 4) is 0 Å².